The van der Waals surface area contributed by atoms with Crippen molar-refractivity contribution in [3.63, 3.8) is 0 Å². The molecule has 6 nitrogen and oxygen atoms in total. The first-order valence-electron chi connectivity index (χ1n) is 10.5. The topological polar surface area (TPSA) is 67.9 Å². The van der Waals surface area contributed by atoms with E-state index in [0.717, 1.165) is 23.3 Å². The van der Waals surface area contributed by atoms with Gasteiger partial charge in [0, 0.05) is 6.54 Å². The predicted octanol–water partition coefficient (Wildman–Crippen LogP) is 4.58. The highest BCUT2D eigenvalue weighted by molar-refractivity contribution is 6.07. The molecular formula is C25H30N2O4. The number of benzene rings is 2. The van der Waals surface area contributed by atoms with Gasteiger partial charge in [0.25, 0.3) is 5.91 Å². The van der Waals surface area contributed by atoms with Crippen LogP contribution in [-0.4, -0.2) is 36.6 Å². The third-order valence-electron chi connectivity index (χ3n) is 5.26. The first-order chi connectivity index (χ1) is 14.8. The molecule has 164 valence electrons. The van der Waals surface area contributed by atoms with Gasteiger partial charge in [0.15, 0.2) is 0 Å². The minimum Gasteiger partial charge on any atom is -0.494 e. The fourth-order valence-corrected chi connectivity index (χ4v) is 3.38. The molecule has 0 radical (unpaired) electrons. The number of imide groups is 1. The summed E-state index contributed by atoms with van der Waals surface area (Å²) < 4.78 is 11.3. The second-order valence-corrected chi connectivity index (χ2v) is 8.15. The van der Waals surface area contributed by atoms with Crippen molar-refractivity contribution in [2.24, 2.45) is 0 Å². The lowest BCUT2D eigenvalue weighted by Crippen LogP contribution is -2.41. The maximum atomic E-state index is 13.0. The zero-order valence-corrected chi connectivity index (χ0v) is 18.4. The van der Waals surface area contributed by atoms with Crippen molar-refractivity contribution < 1.29 is 19.1 Å². The van der Waals surface area contributed by atoms with Crippen LogP contribution < -0.4 is 14.8 Å². The minimum atomic E-state index is -1.08. The van der Waals surface area contributed by atoms with E-state index in [1.54, 1.807) is 19.1 Å². The summed E-state index contributed by atoms with van der Waals surface area (Å²) in [6.07, 6.45) is 1.42. The van der Waals surface area contributed by atoms with Gasteiger partial charge in [-0.1, -0.05) is 36.4 Å². The van der Waals surface area contributed by atoms with Gasteiger partial charge in [-0.15, -0.1) is 0 Å². The van der Waals surface area contributed by atoms with Gasteiger partial charge < -0.3 is 14.8 Å². The van der Waals surface area contributed by atoms with Crippen LogP contribution in [0.3, 0.4) is 0 Å². The van der Waals surface area contributed by atoms with E-state index in [2.05, 4.69) is 11.9 Å². The Hall–Kier alpha value is -3.28. The number of hydrogen-bond acceptors (Lipinski definition) is 4. The molecule has 3 amide bonds. The number of nitrogens with one attached hydrogen (secondary N) is 1. The van der Waals surface area contributed by atoms with Crippen LogP contribution in [0.1, 0.15) is 37.8 Å². The van der Waals surface area contributed by atoms with Gasteiger partial charge in [0.2, 0.25) is 0 Å². The summed E-state index contributed by atoms with van der Waals surface area (Å²) in [7, 11) is 0. The Morgan fingerprint density at radius 3 is 2.26 bits per heavy atom. The van der Waals surface area contributed by atoms with Crippen molar-refractivity contribution >= 4 is 11.9 Å². The molecule has 1 unspecified atom stereocenters. The van der Waals surface area contributed by atoms with Gasteiger partial charge in [0.05, 0.1) is 6.61 Å². The molecule has 2 aromatic carbocycles. The van der Waals surface area contributed by atoms with E-state index in [1.807, 2.05) is 50.2 Å². The predicted molar refractivity (Wildman–Crippen MR) is 120 cm³/mol. The highest BCUT2D eigenvalue weighted by Gasteiger charge is 2.48. The zero-order chi connectivity index (χ0) is 22.4. The van der Waals surface area contributed by atoms with Gasteiger partial charge in [-0.2, -0.15) is 0 Å². The number of urea groups is 1. The maximum absolute atomic E-state index is 13.0. The van der Waals surface area contributed by atoms with Crippen LogP contribution in [0, 0.1) is 6.92 Å². The largest absolute Gasteiger partial charge is 0.494 e. The summed E-state index contributed by atoms with van der Waals surface area (Å²) >= 11 is 0. The molecule has 31 heavy (non-hydrogen) atoms. The maximum Gasteiger partial charge on any atom is 0.325 e. The molecule has 0 aliphatic carbocycles. The Labute approximate surface area is 183 Å². The van der Waals surface area contributed by atoms with Crippen molar-refractivity contribution in [1.29, 1.82) is 0 Å². The molecule has 1 N–H and O–H groups in total. The van der Waals surface area contributed by atoms with E-state index >= 15 is 0 Å². The quantitative estimate of drug-likeness (QED) is 0.346. The van der Waals surface area contributed by atoms with Crippen LogP contribution in [0.5, 0.6) is 11.5 Å². The van der Waals surface area contributed by atoms with Crippen molar-refractivity contribution in [2.75, 3.05) is 19.8 Å². The minimum absolute atomic E-state index is 0.243. The molecule has 2 aromatic rings. The molecule has 1 aliphatic heterocycles. The lowest BCUT2D eigenvalue weighted by atomic mass is 9.92. The number of aryl methyl sites for hydroxylation is 1. The standard InChI is InChI=1S/C25H30N2O4/c1-18(2)17-31-22-13-9-20(10-14-22)25(4)23(28)27(24(29)26-25)15-5-6-16-30-21-11-7-19(3)8-12-21/h7-14H,1,5-6,15-17H2,2-4H3,(H,26,29). The molecule has 0 saturated carbocycles. The Bertz CT molecular complexity index is 937. The number of rotatable bonds is 10. The number of amides is 3. The highest BCUT2D eigenvalue weighted by atomic mass is 16.5. The SMILES string of the molecule is C=C(C)COc1ccc(C2(C)NC(=O)N(CCCCOc3ccc(C)cc3)C2=O)cc1. The number of ether oxygens (including phenoxy) is 2. The van der Waals surface area contributed by atoms with Crippen molar-refractivity contribution in [3.05, 3.63) is 71.8 Å². The zero-order valence-electron chi connectivity index (χ0n) is 18.4. The summed E-state index contributed by atoms with van der Waals surface area (Å²) in [5.41, 5.74) is 1.75. The lowest BCUT2D eigenvalue weighted by Gasteiger charge is -2.22. The van der Waals surface area contributed by atoms with Crippen LogP contribution in [0.2, 0.25) is 0 Å². The average Bonchev–Trinajstić information content (AvgIpc) is 2.97. The van der Waals surface area contributed by atoms with Crippen LogP contribution >= 0.6 is 0 Å². The fraction of sp³-hybridized carbons (Fsp3) is 0.360. The van der Waals surface area contributed by atoms with Crippen LogP contribution in [-0.2, 0) is 10.3 Å². The Kier molecular flexibility index (Phi) is 7.00. The Morgan fingerprint density at radius 1 is 1.00 bits per heavy atom. The van der Waals surface area contributed by atoms with Crippen molar-refractivity contribution in [1.82, 2.24) is 10.2 Å². The molecule has 0 spiro atoms. The summed E-state index contributed by atoms with van der Waals surface area (Å²) in [4.78, 5) is 26.8. The van der Waals surface area contributed by atoms with E-state index in [1.165, 1.54) is 10.5 Å². The van der Waals surface area contributed by atoms with Gasteiger partial charge >= 0.3 is 6.03 Å². The van der Waals surface area contributed by atoms with Gasteiger partial charge in [-0.3, -0.25) is 9.69 Å². The number of nitrogens with zero attached hydrogens (tertiary/aromatic N) is 1. The van der Waals surface area contributed by atoms with Crippen LogP contribution in [0.15, 0.2) is 60.7 Å². The van der Waals surface area contributed by atoms with Crippen LogP contribution in [0.4, 0.5) is 4.79 Å². The van der Waals surface area contributed by atoms with Gasteiger partial charge in [0.1, 0.15) is 23.6 Å². The Balaban J connectivity index is 1.52. The summed E-state index contributed by atoms with van der Waals surface area (Å²) in [5, 5.41) is 2.84. The van der Waals surface area contributed by atoms with Crippen molar-refractivity contribution in [2.45, 2.75) is 39.2 Å². The third-order valence-corrected chi connectivity index (χ3v) is 5.26. The normalized spacial score (nSPS) is 18.1. The van der Waals surface area contributed by atoms with Gasteiger partial charge in [-0.25, -0.2) is 4.79 Å². The molecule has 1 aliphatic rings. The lowest BCUT2D eigenvalue weighted by molar-refractivity contribution is -0.131. The smallest absolute Gasteiger partial charge is 0.325 e. The molecule has 1 fully saturated rings. The molecule has 0 bridgehead atoms. The van der Waals surface area contributed by atoms with E-state index < -0.39 is 5.54 Å². The van der Waals surface area contributed by atoms with E-state index in [0.29, 0.717) is 31.9 Å². The van der Waals surface area contributed by atoms with E-state index in [-0.39, 0.29) is 11.9 Å². The number of hydrogen-bond donors (Lipinski definition) is 1. The highest BCUT2D eigenvalue weighted by Crippen LogP contribution is 2.30. The summed E-state index contributed by atoms with van der Waals surface area (Å²) in [6, 6.07) is 14.7. The average molecular weight is 423 g/mol. The van der Waals surface area contributed by atoms with Gasteiger partial charge in [-0.05, 0) is 69.0 Å². The molecule has 0 aromatic heterocycles. The van der Waals surface area contributed by atoms with Crippen molar-refractivity contribution in [3.8, 4) is 11.5 Å². The second kappa shape index (κ2) is 9.69. The first kappa shape index (κ1) is 22.4. The molecule has 6 heteroatoms. The molecule has 3 rings (SSSR count). The number of carbonyl (C=O) groups excluding carboxylic acids is 2. The third kappa shape index (κ3) is 5.45. The first-order valence-corrected chi connectivity index (χ1v) is 10.5. The van der Waals surface area contributed by atoms with Crippen LogP contribution in [0.25, 0.3) is 0 Å². The molecule has 1 heterocycles. The summed E-state index contributed by atoms with van der Waals surface area (Å²) in [6.45, 7) is 10.8. The monoisotopic (exact) mass is 422 g/mol. The number of carbonyl (C=O) groups is 2. The fourth-order valence-electron chi connectivity index (χ4n) is 3.38. The van der Waals surface area contributed by atoms with E-state index in [9.17, 15) is 9.59 Å². The second-order valence-electron chi connectivity index (χ2n) is 8.15. The molecular weight excluding hydrogens is 392 g/mol. The molecule has 1 atom stereocenters. The number of unbranched alkanes of at least 4 members (excludes halogenated alkanes) is 1. The summed E-state index contributed by atoms with van der Waals surface area (Å²) in [5.74, 6) is 1.27. The molecule has 1 saturated heterocycles. The van der Waals surface area contributed by atoms with E-state index in [4.69, 9.17) is 9.47 Å². The Morgan fingerprint density at radius 2 is 1.61 bits per heavy atom.